The Morgan fingerprint density at radius 1 is 0.818 bits per heavy atom. The Hall–Kier alpha value is -1.05. The summed E-state index contributed by atoms with van der Waals surface area (Å²) in [7, 11) is -4.32. The van der Waals surface area contributed by atoms with Crippen LogP contribution in [0.25, 0.3) is 0 Å². The van der Waals surface area contributed by atoms with E-state index in [-0.39, 0.29) is 51.7 Å². The Bertz CT molecular complexity index is 915. The van der Waals surface area contributed by atoms with E-state index in [1.165, 1.54) is 94.9 Å². The molecule has 0 saturated heterocycles. The first-order valence-electron chi connectivity index (χ1n) is 12.0. The monoisotopic (exact) mass is 484 g/mol. The molecule has 0 aromatic heterocycles. The zero-order chi connectivity index (χ0) is 23.2. The van der Waals surface area contributed by atoms with Crippen LogP contribution in [0.15, 0.2) is 47.4 Å². The summed E-state index contributed by atoms with van der Waals surface area (Å²) >= 11 is 0. The summed E-state index contributed by atoms with van der Waals surface area (Å²) in [5.41, 5.74) is 1.03. The van der Waals surface area contributed by atoms with Crippen LogP contribution in [0.5, 0.6) is 17.2 Å². The zero-order valence-corrected chi connectivity index (χ0v) is 23.0. The molecule has 0 fully saturated rings. The molecule has 0 aliphatic rings. The SMILES string of the molecule is CCCCCCCCCCCCCCc1ccc([O-])c(Oc2cccc(S(=O)(=O)O)c2)c1.[Na+]. The molecule has 33 heavy (non-hydrogen) atoms. The van der Waals surface area contributed by atoms with Crippen molar-refractivity contribution in [3.8, 4) is 17.2 Å². The molecular weight excluding hydrogens is 447 g/mol. The van der Waals surface area contributed by atoms with E-state index in [0.717, 1.165) is 18.4 Å². The molecule has 0 aliphatic carbocycles. The van der Waals surface area contributed by atoms with E-state index < -0.39 is 10.1 Å². The molecule has 0 bridgehead atoms. The molecule has 0 saturated carbocycles. The van der Waals surface area contributed by atoms with Crippen LogP contribution in [0.3, 0.4) is 0 Å². The van der Waals surface area contributed by atoms with Gasteiger partial charge in [0.15, 0.2) is 0 Å². The second kappa shape index (κ2) is 16.6. The van der Waals surface area contributed by atoms with Crippen molar-refractivity contribution < 1.29 is 52.4 Å². The van der Waals surface area contributed by atoms with E-state index in [1.807, 2.05) is 6.07 Å². The molecule has 5 nitrogen and oxygen atoms in total. The maximum Gasteiger partial charge on any atom is 1.00 e. The maximum absolute atomic E-state index is 12.1. The molecule has 0 amide bonds. The van der Waals surface area contributed by atoms with Gasteiger partial charge in [-0.3, -0.25) is 4.55 Å². The number of aryl methyl sites for hydroxylation is 1. The largest absolute Gasteiger partial charge is 1.00 e. The number of ether oxygens (including phenoxy) is 1. The van der Waals surface area contributed by atoms with Crippen molar-refractivity contribution in [2.24, 2.45) is 0 Å². The number of hydrogen-bond acceptors (Lipinski definition) is 4. The predicted molar refractivity (Wildman–Crippen MR) is 127 cm³/mol. The number of hydrogen-bond donors (Lipinski definition) is 1. The van der Waals surface area contributed by atoms with Crippen molar-refractivity contribution in [1.29, 1.82) is 0 Å². The second-order valence-corrected chi connectivity index (χ2v) is 9.89. The normalized spacial score (nSPS) is 11.2. The second-order valence-electron chi connectivity index (χ2n) is 8.47. The van der Waals surface area contributed by atoms with Gasteiger partial charge in [-0.1, -0.05) is 102 Å². The van der Waals surface area contributed by atoms with Crippen LogP contribution in [0, 0.1) is 0 Å². The van der Waals surface area contributed by atoms with Gasteiger partial charge in [-0.15, -0.1) is 0 Å². The predicted octanol–water partition coefficient (Wildman–Crippen LogP) is 4.05. The van der Waals surface area contributed by atoms with E-state index in [0.29, 0.717) is 0 Å². The summed E-state index contributed by atoms with van der Waals surface area (Å²) in [5.74, 6) is 0.0920. The van der Waals surface area contributed by atoms with Crippen LogP contribution in [0.2, 0.25) is 0 Å². The summed E-state index contributed by atoms with van der Waals surface area (Å²) in [5, 5.41) is 12.1. The number of rotatable bonds is 16. The molecule has 178 valence electrons. The van der Waals surface area contributed by atoms with E-state index in [9.17, 15) is 18.1 Å². The minimum Gasteiger partial charge on any atom is -0.870 e. The summed E-state index contributed by atoms with van der Waals surface area (Å²) in [6, 6.07) is 10.5. The van der Waals surface area contributed by atoms with Gasteiger partial charge in [-0.2, -0.15) is 8.42 Å². The summed E-state index contributed by atoms with van der Waals surface area (Å²) < 4.78 is 37.4. The third kappa shape index (κ3) is 12.3. The minimum atomic E-state index is -4.32. The molecule has 2 aromatic rings. The maximum atomic E-state index is 12.1. The van der Waals surface area contributed by atoms with Crippen molar-refractivity contribution in [3.05, 3.63) is 48.0 Å². The van der Waals surface area contributed by atoms with E-state index in [4.69, 9.17) is 4.74 Å². The van der Waals surface area contributed by atoms with Crippen LogP contribution in [0.4, 0.5) is 0 Å². The number of benzene rings is 2. The molecule has 2 rings (SSSR count). The first-order valence-corrected chi connectivity index (χ1v) is 13.4. The third-order valence-corrected chi connectivity index (χ3v) is 6.51. The van der Waals surface area contributed by atoms with Crippen molar-refractivity contribution >= 4 is 10.1 Å². The van der Waals surface area contributed by atoms with Gasteiger partial charge < -0.3 is 9.84 Å². The Morgan fingerprint density at radius 2 is 1.39 bits per heavy atom. The summed E-state index contributed by atoms with van der Waals surface area (Å²) in [6.45, 7) is 2.25. The summed E-state index contributed by atoms with van der Waals surface area (Å²) in [4.78, 5) is -0.268. The first-order chi connectivity index (χ1) is 15.4. The van der Waals surface area contributed by atoms with E-state index >= 15 is 0 Å². The topological polar surface area (TPSA) is 86.7 Å². The Balaban J connectivity index is 0.00000544. The van der Waals surface area contributed by atoms with E-state index in [1.54, 1.807) is 12.1 Å². The molecule has 1 N–H and O–H groups in total. The van der Waals surface area contributed by atoms with Crippen LogP contribution in [0.1, 0.15) is 89.5 Å². The first kappa shape index (κ1) is 30.0. The smallest absolute Gasteiger partial charge is 0.870 e. The van der Waals surface area contributed by atoms with Crippen LogP contribution in [-0.4, -0.2) is 13.0 Å². The van der Waals surface area contributed by atoms with Gasteiger partial charge >= 0.3 is 29.6 Å². The van der Waals surface area contributed by atoms with Crippen LogP contribution in [-0.2, 0) is 16.5 Å². The minimum absolute atomic E-state index is 0. The van der Waals surface area contributed by atoms with Crippen molar-refractivity contribution in [3.63, 3.8) is 0 Å². The third-order valence-electron chi connectivity index (χ3n) is 5.66. The average molecular weight is 485 g/mol. The molecule has 2 aromatic carbocycles. The van der Waals surface area contributed by atoms with Gasteiger partial charge in [0.05, 0.1) is 4.90 Å². The standard InChI is InChI=1S/C26H38O5S.Na/c1-2-3-4-5-6-7-8-9-10-11-12-13-15-22-18-19-25(27)26(20-22)31-23-16-14-17-24(21-23)32(28,29)30;/h14,16-21,27H,2-13,15H2,1H3,(H,28,29,30);/q;+1/p-1. The zero-order valence-electron chi connectivity index (χ0n) is 20.2. The average Bonchev–Trinajstić information content (AvgIpc) is 2.76. The fraction of sp³-hybridized carbons (Fsp3) is 0.538. The van der Waals surface area contributed by atoms with Crippen molar-refractivity contribution in [2.45, 2.75) is 95.3 Å². The number of unbranched alkanes of at least 4 members (excludes halogenated alkanes) is 11. The molecule has 7 heteroatoms. The van der Waals surface area contributed by atoms with Gasteiger partial charge in [0.2, 0.25) is 0 Å². The van der Waals surface area contributed by atoms with Crippen LogP contribution < -0.4 is 39.4 Å². The molecule has 0 spiro atoms. The van der Waals surface area contributed by atoms with Crippen molar-refractivity contribution in [2.75, 3.05) is 0 Å². The molecule has 0 aliphatic heterocycles. The molecular formula is C26H37NaO5S. The molecule has 0 atom stereocenters. The van der Waals surface area contributed by atoms with E-state index in [2.05, 4.69) is 6.92 Å². The Kier molecular flexibility index (Phi) is 15.0. The van der Waals surface area contributed by atoms with Crippen LogP contribution >= 0.6 is 0 Å². The Labute approximate surface area is 222 Å². The quantitative estimate of drug-likeness (QED) is 0.221. The van der Waals surface area contributed by atoms with Crippen molar-refractivity contribution in [1.82, 2.24) is 0 Å². The Morgan fingerprint density at radius 3 is 1.97 bits per heavy atom. The summed E-state index contributed by atoms with van der Waals surface area (Å²) in [6.07, 6.45) is 16.5. The fourth-order valence-electron chi connectivity index (χ4n) is 3.78. The van der Waals surface area contributed by atoms with Gasteiger partial charge in [0, 0.05) is 6.07 Å². The molecule has 0 radical (unpaired) electrons. The fourth-order valence-corrected chi connectivity index (χ4v) is 4.30. The van der Waals surface area contributed by atoms with Gasteiger partial charge in [-0.05, 0) is 36.6 Å². The van der Waals surface area contributed by atoms with Gasteiger partial charge in [0.1, 0.15) is 11.5 Å². The van der Waals surface area contributed by atoms with Gasteiger partial charge in [-0.25, -0.2) is 0 Å². The van der Waals surface area contributed by atoms with Gasteiger partial charge in [0.25, 0.3) is 10.1 Å². The molecule has 0 heterocycles. The molecule has 0 unspecified atom stereocenters.